The largest absolute Gasteiger partial charge is 0.460 e. The summed E-state index contributed by atoms with van der Waals surface area (Å²) < 4.78 is 5.65. The molecule has 1 aromatic rings. The molecule has 2 aliphatic rings. The van der Waals surface area contributed by atoms with Crippen molar-refractivity contribution in [1.29, 1.82) is 0 Å². The Balaban J connectivity index is 1.63. The zero-order chi connectivity index (χ0) is 13.8. The van der Waals surface area contributed by atoms with Gasteiger partial charge in [-0.15, -0.1) is 0 Å². The minimum absolute atomic E-state index is 0.0609. The third-order valence-electron chi connectivity index (χ3n) is 5.12. The van der Waals surface area contributed by atoms with Crippen LogP contribution < -0.4 is 0 Å². The fourth-order valence-electron chi connectivity index (χ4n) is 3.95. The van der Waals surface area contributed by atoms with Crippen molar-refractivity contribution in [1.82, 2.24) is 0 Å². The van der Waals surface area contributed by atoms with Gasteiger partial charge < -0.3 is 4.74 Å². The first-order chi connectivity index (χ1) is 9.78. The molecule has 2 fully saturated rings. The lowest BCUT2D eigenvalue weighted by molar-refractivity contribution is -0.158. The maximum atomic E-state index is 12.6. The van der Waals surface area contributed by atoms with Gasteiger partial charge in [-0.2, -0.15) is 0 Å². The number of hydrogen-bond donors (Lipinski definition) is 0. The smallest absolute Gasteiger partial charge is 0.312 e. The molecular weight excluding hydrogens is 248 g/mol. The number of fused-ring (bicyclic) bond motifs is 2. The lowest BCUT2D eigenvalue weighted by Crippen LogP contribution is -2.31. The number of rotatable bonds is 3. The molecule has 0 amide bonds. The van der Waals surface area contributed by atoms with Gasteiger partial charge in [0.05, 0.1) is 5.41 Å². The molecule has 2 aliphatic carbocycles. The predicted molar refractivity (Wildman–Crippen MR) is 79.1 cm³/mol. The van der Waals surface area contributed by atoms with E-state index in [1.54, 1.807) is 0 Å². The first-order valence-corrected chi connectivity index (χ1v) is 8.00. The summed E-state index contributed by atoms with van der Waals surface area (Å²) in [6, 6.07) is 9.99. The number of carbonyl (C=O) groups excluding carboxylic acids is 1. The molecule has 3 rings (SSSR count). The summed E-state index contributed by atoms with van der Waals surface area (Å²) in [4.78, 5) is 12.6. The Hall–Kier alpha value is -1.31. The van der Waals surface area contributed by atoms with Crippen LogP contribution in [0.25, 0.3) is 0 Å². The maximum Gasteiger partial charge on any atom is 0.312 e. The lowest BCUT2D eigenvalue weighted by atomic mass is 9.78. The van der Waals surface area contributed by atoms with Gasteiger partial charge in [-0.3, -0.25) is 4.79 Å². The van der Waals surface area contributed by atoms with E-state index in [9.17, 15) is 4.79 Å². The van der Waals surface area contributed by atoms with Crippen LogP contribution in [-0.4, -0.2) is 5.97 Å². The average Bonchev–Trinajstić information content (AvgIpc) is 2.91. The molecule has 0 saturated heterocycles. The van der Waals surface area contributed by atoms with Gasteiger partial charge in [0.15, 0.2) is 0 Å². The van der Waals surface area contributed by atoms with Crippen molar-refractivity contribution >= 4 is 5.97 Å². The van der Waals surface area contributed by atoms with Crippen LogP contribution in [0.3, 0.4) is 0 Å². The molecule has 2 nitrogen and oxygen atoms in total. The van der Waals surface area contributed by atoms with Gasteiger partial charge in [0.2, 0.25) is 0 Å². The third kappa shape index (κ3) is 2.89. The molecule has 2 unspecified atom stereocenters. The number of carbonyl (C=O) groups is 1. The fraction of sp³-hybridized carbons (Fsp3) is 0.611. The third-order valence-corrected chi connectivity index (χ3v) is 5.12. The monoisotopic (exact) mass is 272 g/mol. The van der Waals surface area contributed by atoms with E-state index in [1.807, 2.05) is 30.3 Å². The predicted octanol–water partition coefficient (Wildman–Crippen LogP) is 4.48. The normalized spacial score (nSPS) is 29.5. The van der Waals surface area contributed by atoms with E-state index in [1.165, 1.54) is 32.1 Å². The molecule has 0 N–H and O–H groups in total. The van der Waals surface area contributed by atoms with E-state index in [4.69, 9.17) is 4.74 Å². The molecule has 2 atom stereocenters. The quantitative estimate of drug-likeness (QED) is 0.758. The van der Waals surface area contributed by atoms with Gasteiger partial charge in [0.1, 0.15) is 6.61 Å². The molecule has 0 aliphatic heterocycles. The molecule has 0 heterocycles. The molecule has 2 saturated carbocycles. The van der Waals surface area contributed by atoms with Crippen LogP contribution in [0.15, 0.2) is 30.3 Å². The van der Waals surface area contributed by atoms with Crippen molar-refractivity contribution in [3.8, 4) is 0 Å². The van der Waals surface area contributed by atoms with Gasteiger partial charge in [0.25, 0.3) is 0 Å². The van der Waals surface area contributed by atoms with E-state index < -0.39 is 0 Å². The van der Waals surface area contributed by atoms with Crippen molar-refractivity contribution in [2.45, 2.75) is 58.0 Å². The standard InChI is InChI=1S/C18H24O2/c19-17(20-14-16-8-3-1-4-9-16)18-11-6-2-5-7-15(13-18)10-12-18/h1,3-4,8-9,15H,2,5-7,10-14H2. The molecule has 20 heavy (non-hydrogen) atoms. The first-order valence-electron chi connectivity index (χ1n) is 8.00. The van der Waals surface area contributed by atoms with E-state index in [-0.39, 0.29) is 11.4 Å². The minimum atomic E-state index is -0.153. The van der Waals surface area contributed by atoms with Gasteiger partial charge in [-0.25, -0.2) is 0 Å². The summed E-state index contributed by atoms with van der Waals surface area (Å²) >= 11 is 0. The Morgan fingerprint density at radius 2 is 1.95 bits per heavy atom. The van der Waals surface area contributed by atoms with Crippen molar-refractivity contribution in [2.24, 2.45) is 11.3 Å². The Bertz CT molecular complexity index is 454. The van der Waals surface area contributed by atoms with Crippen LogP contribution in [-0.2, 0) is 16.1 Å². The van der Waals surface area contributed by atoms with Crippen molar-refractivity contribution in [3.05, 3.63) is 35.9 Å². The van der Waals surface area contributed by atoms with Crippen LogP contribution in [0.4, 0.5) is 0 Å². The highest BCUT2D eigenvalue weighted by Crippen LogP contribution is 2.49. The van der Waals surface area contributed by atoms with Crippen LogP contribution in [0, 0.1) is 11.3 Å². The second kappa shape index (κ2) is 5.99. The van der Waals surface area contributed by atoms with E-state index in [0.29, 0.717) is 6.61 Å². The van der Waals surface area contributed by atoms with Crippen LogP contribution in [0.1, 0.15) is 56.9 Å². The summed E-state index contributed by atoms with van der Waals surface area (Å²) in [6.07, 6.45) is 9.51. The summed E-state index contributed by atoms with van der Waals surface area (Å²) in [6.45, 7) is 0.423. The fourth-order valence-corrected chi connectivity index (χ4v) is 3.95. The average molecular weight is 272 g/mol. The topological polar surface area (TPSA) is 26.3 Å². The van der Waals surface area contributed by atoms with Gasteiger partial charge in [-0.1, -0.05) is 56.0 Å². The molecule has 2 bridgehead atoms. The summed E-state index contributed by atoms with van der Waals surface area (Å²) in [7, 11) is 0. The molecule has 0 radical (unpaired) electrons. The van der Waals surface area contributed by atoms with E-state index in [0.717, 1.165) is 30.7 Å². The van der Waals surface area contributed by atoms with Crippen molar-refractivity contribution < 1.29 is 9.53 Å². The van der Waals surface area contributed by atoms with Gasteiger partial charge in [-0.05, 0) is 37.2 Å². The van der Waals surface area contributed by atoms with Crippen LogP contribution >= 0.6 is 0 Å². The summed E-state index contributed by atoms with van der Waals surface area (Å²) in [5.41, 5.74) is 0.928. The maximum absolute atomic E-state index is 12.6. The Morgan fingerprint density at radius 1 is 1.10 bits per heavy atom. The van der Waals surface area contributed by atoms with E-state index >= 15 is 0 Å². The number of esters is 1. The van der Waals surface area contributed by atoms with Crippen LogP contribution in [0.5, 0.6) is 0 Å². The van der Waals surface area contributed by atoms with Crippen LogP contribution in [0.2, 0.25) is 0 Å². The Kier molecular flexibility index (Phi) is 4.09. The van der Waals surface area contributed by atoms with Gasteiger partial charge >= 0.3 is 5.97 Å². The lowest BCUT2D eigenvalue weighted by Gasteiger charge is -2.28. The minimum Gasteiger partial charge on any atom is -0.460 e. The van der Waals surface area contributed by atoms with Gasteiger partial charge in [0, 0.05) is 0 Å². The first kappa shape index (κ1) is 13.7. The highest BCUT2D eigenvalue weighted by molar-refractivity contribution is 5.77. The van der Waals surface area contributed by atoms with E-state index in [2.05, 4.69) is 0 Å². The zero-order valence-corrected chi connectivity index (χ0v) is 12.1. The second-order valence-corrected chi connectivity index (χ2v) is 6.55. The summed E-state index contributed by atoms with van der Waals surface area (Å²) in [5.74, 6) is 0.824. The summed E-state index contributed by atoms with van der Waals surface area (Å²) in [5, 5.41) is 0. The highest BCUT2D eigenvalue weighted by atomic mass is 16.5. The number of hydrogen-bond acceptors (Lipinski definition) is 2. The SMILES string of the molecule is O=C(OCc1ccccc1)C12CCCCCC(CC1)C2. The zero-order valence-electron chi connectivity index (χ0n) is 12.1. The molecule has 2 heteroatoms. The van der Waals surface area contributed by atoms with Crippen molar-refractivity contribution in [2.75, 3.05) is 0 Å². The molecule has 0 spiro atoms. The molecule has 1 aromatic carbocycles. The molecule has 108 valence electrons. The Morgan fingerprint density at radius 3 is 2.80 bits per heavy atom. The van der Waals surface area contributed by atoms with Crippen molar-refractivity contribution in [3.63, 3.8) is 0 Å². The number of ether oxygens (including phenoxy) is 1. The number of benzene rings is 1. The molecular formula is C18H24O2. The highest BCUT2D eigenvalue weighted by Gasteiger charge is 2.46. The molecule has 0 aromatic heterocycles. The second-order valence-electron chi connectivity index (χ2n) is 6.55. The Labute approximate surface area is 121 Å².